The average Bonchev–Trinajstić information content (AvgIpc) is 2.58. The zero-order valence-corrected chi connectivity index (χ0v) is 13.1. The van der Waals surface area contributed by atoms with Gasteiger partial charge in [-0.15, -0.1) is 0 Å². The van der Waals surface area contributed by atoms with Crippen LogP contribution in [0.4, 0.5) is 0 Å². The highest BCUT2D eigenvalue weighted by Gasteiger charge is 2.33. The molecule has 1 aromatic rings. The molecule has 2 heteroatoms. The fourth-order valence-corrected chi connectivity index (χ4v) is 3.09. The first-order chi connectivity index (χ1) is 8.53. The summed E-state index contributed by atoms with van der Waals surface area (Å²) in [5.74, 6) is 0.431. The Kier molecular flexibility index (Phi) is 3.21. The van der Waals surface area contributed by atoms with E-state index in [-0.39, 0.29) is 16.9 Å². The molecule has 0 radical (unpaired) electrons. The van der Waals surface area contributed by atoms with Crippen LogP contribution < -0.4 is 5.73 Å². The molecule has 0 aliphatic heterocycles. The Hall–Kier alpha value is -1.02. The van der Waals surface area contributed by atoms with Gasteiger partial charge in [0, 0.05) is 11.6 Å². The van der Waals surface area contributed by atoms with Crippen molar-refractivity contribution in [3.05, 3.63) is 28.3 Å². The summed E-state index contributed by atoms with van der Waals surface area (Å²) < 4.78 is 0. The van der Waals surface area contributed by atoms with Crippen molar-refractivity contribution < 1.29 is 5.11 Å². The minimum absolute atomic E-state index is 0.0154. The van der Waals surface area contributed by atoms with Crippen molar-refractivity contribution in [2.45, 2.75) is 71.3 Å². The number of hydrogen-bond donors (Lipinski definition) is 2. The van der Waals surface area contributed by atoms with Crippen LogP contribution in [0.15, 0.2) is 6.07 Å². The molecule has 1 aliphatic carbocycles. The lowest BCUT2D eigenvalue weighted by Gasteiger charge is -2.29. The van der Waals surface area contributed by atoms with Crippen molar-refractivity contribution in [3.63, 3.8) is 0 Å². The number of phenolic OH excluding ortho intramolecular Hbond substituents is 1. The summed E-state index contributed by atoms with van der Waals surface area (Å²) in [5, 5.41) is 10.6. The van der Waals surface area contributed by atoms with E-state index in [9.17, 15) is 5.11 Å². The third kappa shape index (κ3) is 2.38. The van der Waals surface area contributed by atoms with Crippen molar-refractivity contribution in [3.8, 4) is 5.75 Å². The number of hydrogen-bond acceptors (Lipinski definition) is 2. The van der Waals surface area contributed by atoms with Crippen LogP contribution in [-0.2, 0) is 17.3 Å². The molecule has 19 heavy (non-hydrogen) atoms. The van der Waals surface area contributed by atoms with Crippen LogP contribution >= 0.6 is 0 Å². The van der Waals surface area contributed by atoms with Gasteiger partial charge in [0.1, 0.15) is 5.75 Å². The summed E-state index contributed by atoms with van der Waals surface area (Å²) in [6, 6.07) is 2.19. The van der Waals surface area contributed by atoms with E-state index in [1.807, 2.05) is 0 Å². The largest absolute Gasteiger partial charge is 0.507 e. The second-order valence-electron chi connectivity index (χ2n) is 7.86. The zero-order chi connectivity index (χ0) is 14.6. The summed E-state index contributed by atoms with van der Waals surface area (Å²) >= 11 is 0. The van der Waals surface area contributed by atoms with E-state index < -0.39 is 0 Å². The lowest BCUT2D eigenvalue weighted by Crippen LogP contribution is -2.20. The second kappa shape index (κ2) is 4.24. The topological polar surface area (TPSA) is 46.2 Å². The first-order valence-electron chi connectivity index (χ1n) is 7.18. The Morgan fingerprint density at radius 3 is 2.05 bits per heavy atom. The van der Waals surface area contributed by atoms with Crippen molar-refractivity contribution in [2.24, 2.45) is 5.73 Å². The Morgan fingerprint density at radius 1 is 1.05 bits per heavy atom. The van der Waals surface area contributed by atoms with E-state index >= 15 is 0 Å². The molecule has 0 unspecified atom stereocenters. The minimum atomic E-state index is -0.0680. The number of benzene rings is 1. The zero-order valence-electron chi connectivity index (χ0n) is 13.1. The van der Waals surface area contributed by atoms with Crippen LogP contribution in [-0.4, -0.2) is 5.11 Å². The minimum Gasteiger partial charge on any atom is -0.507 e. The Morgan fingerprint density at radius 2 is 1.58 bits per heavy atom. The molecular formula is C17H27NO. The standard InChI is InChI=1S/C17H27NO/c1-16(2,3)11-9-12(17(4,5)6)15(19)14-10(11)7-8-13(14)18/h9,13,19H,7-8,18H2,1-6H3/t13-/m1/s1. The molecule has 0 saturated carbocycles. The molecule has 0 aromatic heterocycles. The Balaban J connectivity index is 2.78. The third-order valence-electron chi connectivity index (χ3n) is 4.14. The van der Waals surface area contributed by atoms with E-state index in [4.69, 9.17) is 5.73 Å². The maximum atomic E-state index is 10.6. The van der Waals surface area contributed by atoms with Gasteiger partial charge in [0.05, 0.1) is 0 Å². The van der Waals surface area contributed by atoms with Crippen LogP contribution in [0.25, 0.3) is 0 Å². The smallest absolute Gasteiger partial charge is 0.124 e. The molecule has 0 saturated heterocycles. The molecule has 1 aliphatic rings. The highest BCUT2D eigenvalue weighted by molar-refractivity contribution is 5.57. The van der Waals surface area contributed by atoms with Crippen molar-refractivity contribution in [1.29, 1.82) is 0 Å². The van der Waals surface area contributed by atoms with Gasteiger partial charge in [0.25, 0.3) is 0 Å². The van der Waals surface area contributed by atoms with Crippen molar-refractivity contribution in [1.82, 2.24) is 0 Å². The normalized spacial score (nSPS) is 19.6. The molecule has 2 rings (SSSR count). The number of phenols is 1. The summed E-state index contributed by atoms with van der Waals surface area (Å²) in [4.78, 5) is 0. The van der Waals surface area contributed by atoms with Crippen LogP contribution in [0.1, 0.15) is 76.3 Å². The summed E-state index contributed by atoms with van der Waals surface area (Å²) in [6.07, 6.45) is 1.93. The fourth-order valence-electron chi connectivity index (χ4n) is 3.09. The van der Waals surface area contributed by atoms with E-state index in [2.05, 4.69) is 47.6 Å². The van der Waals surface area contributed by atoms with Gasteiger partial charge < -0.3 is 10.8 Å². The van der Waals surface area contributed by atoms with E-state index in [0.717, 1.165) is 24.0 Å². The van der Waals surface area contributed by atoms with Gasteiger partial charge in [-0.1, -0.05) is 47.6 Å². The maximum Gasteiger partial charge on any atom is 0.124 e. The predicted octanol–water partition coefficient (Wildman–Crippen LogP) is 3.93. The molecule has 0 bridgehead atoms. The monoisotopic (exact) mass is 261 g/mol. The highest BCUT2D eigenvalue weighted by atomic mass is 16.3. The van der Waals surface area contributed by atoms with Gasteiger partial charge in [-0.05, 0) is 40.4 Å². The molecule has 3 N–H and O–H groups in total. The van der Waals surface area contributed by atoms with Crippen LogP contribution in [0, 0.1) is 0 Å². The Labute approximate surface area is 117 Å². The molecule has 1 aromatic carbocycles. The number of aromatic hydroxyl groups is 1. The molecular weight excluding hydrogens is 234 g/mol. The van der Waals surface area contributed by atoms with E-state index in [0.29, 0.717) is 5.75 Å². The summed E-state index contributed by atoms with van der Waals surface area (Å²) in [7, 11) is 0. The molecule has 0 fully saturated rings. The molecule has 2 nitrogen and oxygen atoms in total. The van der Waals surface area contributed by atoms with Crippen molar-refractivity contribution in [2.75, 3.05) is 0 Å². The van der Waals surface area contributed by atoms with E-state index in [1.54, 1.807) is 0 Å². The lowest BCUT2D eigenvalue weighted by atomic mass is 9.76. The van der Waals surface area contributed by atoms with Gasteiger partial charge in [-0.3, -0.25) is 0 Å². The first-order valence-corrected chi connectivity index (χ1v) is 7.18. The third-order valence-corrected chi connectivity index (χ3v) is 4.14. The molecule has 0 heterocycles. The number of fused-ring (bicyclic) bond motifs is 1. The molecule has 0 amide bonds. The highest BCUT2D eigenvalue weighted by Crippen LogP contribution is 2.46. The number of nitrogens with two attached hydrogens (primary N) is 1. The Bertz CT molecular complexity index is 503. The van der Waals surface area contributed by atoms with Crippen LogP contribution in [0.2, 0.25) is 0 Å². The second-order valence-corrected chi connectivity index (χ2v) is 7.86. The average molecular weight is 261 g/mol. The molecule has 1 atom stereocenters. The number of rotatable bonds is 0. The van der Waals surface area contributed by atoms with Gasteiger partial charge in [-0.2, -0.15) is 0 Å². The van der Waals surface area contributed by atoms with E-state index in [1.165, 1.54) is 11.1 Å². The predicted molar refractivity (Wildman–Crippen MR) is 80.8 cm³/mol. The van der Waals surface area contributed by atoms with Gasteiger partial charge in [0.15, 0.2) is 0 Å². The fraction of sp³-hybridized carbons (Fsp3) is 0.647. The van der Waals surface area contributed by atoms with Crippen LogP contribution in [0.3, 0.4) is 0 Å². The summed E-state index contributed by atoms with van der Waals surface area (Å²) in [5.41, 5.74) is 10.9. The van der Waals surface area contributed by atoms with Crippen LogP contribution in [0.5, 0.6) is 5.75 Å². The van der Waals surface area contributed by atoms with Gasteiger partial charge >= 0.3 is 0 Å². The lowest BCUT2D eigenvalue weighted by molar-refractivity contribution is 0.434. The SMILES string of the molecule is CC(C)(C)c1cc(C(C)(C)C)c2c(c1O)[C@H](N)CC2. The first kappa shape index (κ1) is 14.4. The van der Waals surface area contributed by atoms with Crippen molar-refractivity contribution >= 4 is 0 Å². The van der Waals surface area contributed by atoms with Gasteiger partial charge in [0.2, 0.25) is 0 Å². The maximum absolute atomic E-state index is 10.6. The van der Waals surface area contributed by atoms with Gasteiger partial charge in [-0.25, -0.2) is 0 Å². The molecule has 0 spiro atoms. The molecule has 106 valence electrons. The summed E-state index contributed by atoms with van der Waals surface area (Å²) in [6.45, 7) is 13.1. The quantitative estimate of drug-likeness (QED) is 0.743.